The van der Waals surface area contributed by atoms with E-state index in [4.69, 9.17) is 10.8 Å². The molecule has 0 aromatic heterocycles. The van der Waals surface area contributed by atoms with Crippen LogP contribution in [0.1, 0.15) is 31.1 Å². The first-order valence-electron chi connectivity index (χ1n) is 5.75. The van der Waals surface area contributed by atoms with Crippen molar-refractivity contribution < 1.29 is 19.8 Å². The summed E-state index contributed by atoms with van der Waals surface area (Å²) in [6, 6.07) is 3.08. The summed E-state index contributed by atoms with van der Waals surface area (Å²) in [6.07, 6.45) is 0. The molecule has 104 valence electrons. The van der Waals surface area contributed by atoms with E-state index in [9.17, 15) is 14.7 Å². The van der Waals surface area contributed by atoms with Gasteiger partial charge in [0.05, 0.1) is 6.04 Å². The molecule has 0 unspecified atom stereocenters. The summed E-state index contributed by atoms with van der Waals surface area (Å²) >= 11 is 0. The zero-order chi connectivity index (χ0) is 14.8. The number of rotatable bonds is 3. The van der Waals surface area contributed by atoms with Crippen molar-refractivity contribution >= 4 is 17.6 Å². The standard InChI is InChI=1S/C13H18N2O4/c1-13(2,3)10(14)11(17)15-7-4-5-8(12(18)19)9(16)6-7/h4-6,10,16H,14H2,1-3H3,(H,15,17)(H,18,19)/t10-/m0/s1. The third-order valence-electron chi connectivity index (χ3n) is 2.71. The molecule has 1 amide bonds. The van der Waals surface area contributed by atoms with Gasteiger partial charge in [-0.1, -0.05) is 20.8 Å². The Balaban J connectivity index is 2.87. The maximum absolute atomic E-state index is 11.9. The molecule has 1 rings (SSSR count). The van der Waals surface area contributed by atoms with Crippen LogP contribution in [0.5, 0.6) is 5.75 Å². The SMILES string of the molecule is CC(C)(C)[C@@H](N)C(=O)Nc1ccc(C(=O)O)c(O)c1. The molecule has 0 spiro atoms. The molecule has 0 saturated heterocycles. The number of carbonyl (C=O) groups is 2. The van der Waals surface area contributed by atoms with Crippen LogP contribution in [0.25, 0.3) is 0 Å². The first-order chi connectivity index (χ1) is 8.62. The van der Waals surface area contributed by atoms with Crippen molar-refractivity contribution in [2.45, 2.75) is 26.8 Å². The Hall–Kier alpha value is -2.08. The number of carboxylic acid groups (broad SMARTS) is 1. The maximum atomic E-state index is 11.9. The van der Waals surface area contributed by atoms with E-state index < -0.39 is 29.1 Å². The number of carbonyl (C=O) groups excluding carboxylic acids is 1. The number of benzene rings is 1. The minimum absolute atomic E-state index is 0.224. The molecule has 0 radical (unpaired) electrons. The molecule has 19 heavy (non-hydrogen) atoms. The van der Waals surface area contributed by atoms with E-state index in [-0.39, 0.29) is 5.56 Å². The lowest BCUT2D eigenvalue weighted by molar-refractivity contribution is -0.119. The van der Waals surface area contributed by atoms with Crippen molar-refractivity contribution in [2.24, 2.45) is 11.1 Å². The fourth-order valence-corrected chi connectivity index (χ4v) is 1.40. The second-order valence-electron chi connectivity index (χ2n) is 5.37. The molecule has 0 bridgehead atoms. The van der Waals surface area contributed by atoms with E-state index in [2.05, 4.69) is 5.32 Å². The Morgan fingerprint density at radius 3 is 2.32 bits per heavy atom. The van der Waals surface area contributed by atoms with Crippen LogP contribution >= 0.6 is 0 Å². The number of hydrogen-bond acceptors (Lipinski definition) is 4. The van der Waals surface area contributed by atoms with Crippen molar-refractivity contribution in [3.8, 4) is 5.75 Å². The lowest BCUT2D eigenvalue weighted by atomic mass is 9.87. The van der Waals surface area contributed by atoms with Gasteiger partial charge in [0.25, 0.3) is 0 Å². The van der Waals surface area contributed by atoms with Crippen LogP contribution in [0.3, 0.4) is 0 Å². The topological polar surface area (TPSA) is 113 Å². The van der Waals surface area contributed by atoms with E-state index >= 15 is 0 Å². The number of nitrogens with two attached hydrogens (primary N) is 1. The average molecular weight is 266 g/mol. The quantitative estimate of drug-likeness (QED) is 0.660. The van der Waals surface area contributed by atoms with E-state index in [1.807, 2.05) is 20.8 Å². The third-order valence-corrected chi connectivity index (χ3v) is 2.71. The number of carboxylic acids is 1. The summed E-state index contributed by atoms with van der Waals surface area (Å²) in [5, 5.41) is 20.8. The number of aromatic hydroxyl groups is 1. The van der Waals surface area contributed by atoms with Crippen molar-refractivity contribution in [1.29, 1.82) is 0 Å². The highest BCUT2D eigenvalue weighted by molar-refractivity contribution is 5.97. The highest BCUT2D eigenvalue weighted by atomic mass is 16.4. The molecule has 1 atom stereocenters. The second kappa shape index (κ2) is 5.27. The molecule has 0 aliphatic rings. The van der Waals surface area contributed by atoms with Gasteiger partial charge >= 0.3 is 5.97 Å². The number of phenols is 1. The summed E-state index contributed by atoms with van der Waals surface area (Å²) in [5.41, 5.74) is 5.47. The summed E-state index contributed by atoms with van der Waals surface area (Å²) < 4.78 is 0. The Kier molecular flexibility index (Phi) is 4.16. The molecule has 0 heterocycles. The van der Waals surface area contributed by atoms with Crippen molar-refractivity contribution in [2.75, 3.05) is 5.32 Å². The molecule has 0 aliphatic heterocycles. The predicted molar refractivity (Wildman–Crippen MR) is 71.1 cm³/mol. The van der Waals surface area contributed by atoms with Gasteiger partial charge in [0.1, 0.15) is 11.3 Å². The van der Waals surface area contributed by atoms with E-state index in [0.717, 1.165) is 0 Å². The van der Waals surface area contributed by atoms with Crippen LogP contribution in [-0.4, -0.2) is 28.1 Å². The molecule has 0 saturated carbocycles. The Morgan fingerprint density at radius 2 is 1.89 bits per heavy atom. The van der Waals surface area contributed by atoms with Gasteiger partial charge in [-0.2, -0.15) is 0 Å². The normalized spacial score (nSPS) is 12.8. The van der Waals surface area contributed by atoms with Crippen LogP contribution in [-0.2, 0) is 4.79 Å². The fourth-order valence-electron chi connectivity index (χ4n) is 1.40. The lowest BCUT2D eigenvalue weighted by Crippen LogP contribution is -2.45. The molecule has 0 aliphatic carbocycles. The molecule has 6 heteroatoms. The Labute approximate surface area is 111 Å². The number of nitrogens with one attached hydrogen (secondary N) is 1. The first-order valence-corrected chi connectivity index (χ1v) is 5.75. The summed E-state index contributed by atoms with van der Waals surface area (Å²) in [6.45, 7) is 5.51. The average Bonchev–Trinajstić information content (AvgIpc) is 2.26. The van der Waals surface area contributed by atoms with Gasteiger partial charge in [0.2, 0.25) is 5.91 Å². The zero-order valence-electron chi connectivity index (χ0n) is 11.1. The van der Waals surface area contributed by atoms with Gasteiger partial charge in [-0.25, -0.2) is 4.79 Å². The second-order valence-corrected chi connectivity index (χ2v) is 5.37. The van der Waals surface area contributed by atoms with E-state index in [1.165, 1.54) is 18.2 Å². The van der Waals surface area contributed by atoms with Crippen LogP contribution in [0, 0.1) is 5.41 Å². The minimum Gasteiger partial charge on any atom is -0.507 e. The Bertz CT molecular complexity index is 506. The van der Waals surface area contributed by atoms with Crippen molar-refractivity contribution in [3.63, 3.8) is 0 Å². The van der Waals surface area contributed by atoms with Crippen molar-refractivity contribution in [1.82, 2.24) is 0 Å². The molecule has 1 aromatic rings. The van der Waals surface area contributed by atoms with Gasteiger partial charge in [-0.05, 0) is 17.5 Å². The van der Waals surface area contributed by atoms with Crippen LogP contribution in [0.15, 0.2) is 18.2 Å². The van der Waals surface area contributed by atoms with Gasteiger partial charge in [-0.3, -0.25) is 4.79 Å². The molecule has 1 aromatic carbocycles. The van der Waals surface area contributed by atoms with E-state index in [0.29, 0.717) is 5.69 Å². The summed E-state index contributed by atoms with van der Waals surface area (Å²) in [7, 11) is 0. The highest BCUT2D eigenvalue weighted by Gasteiger charge is 2.27. The van der Waals surface area contributed by atoms with Gasteiger partial charge < -0.3 is 21.3 Å². The molecule has 5 N–H and O–H groups in total. The van der Waals surface area contributed by atoms with E-state index in [1.54, 1.807) is 0 Å². The number of aromatic carboxylic acids is 1. The van der Waals surface area contributed by atoms with Crippen LogP contribution in [0.2, 0.25) is 0 Å². The lowest BCUT2D eigenvalue weighted by Gasteiger charge is -2.25. The largest absolute Gasteiger partial charge is 0.507 e. The summed E-state index contributed by atoms with van der Waals surface area (Å²) in [5.74, 6) is -2.04. The van der Waals surface area contributed by atoms with Gasteiger partial charge in [0.15, 0.2) is 0 Å². The highest BCUT2D eigenvalue weighted by Crippen LogP contribution is 2.23. The molecular formula is C13H18N2O4. The van der Waals surface area contributed by atoms with Crippen LogP contribution < -0.4 is 11.1 Å². The molecule has 6 nitrogen and oxygen atoms in total. The minimum atomic E-state index is -1.23. The third kappa shape index (κ3) is 3.69. The number of amides is 1. The number of hydrogen-bond donors (Lipinski definition) is 4. The zero-order valence-corrected chi connectivity index (χ0v) is 11.1. The first kappa shape index (κ1) is 15.0. The van der Waals surface area contributed by atoms with Gasteiger partial charge in [0, 0.05) is 11.8 Å². The molecular weight excluding hydrogens is 248 g/mol. The fraction of sp³-hybridized carbons (Fsp3) is 0.385. The van der Waals surface area contributed by atoms with Gasteiger partial charge in [-0.15, -0.1) is 0 Å². The van der Waals surface area contributed by atoms with Crippen LogP contribution in [0.4, 0.5) is 5.69 Å². The monoisotopic (exact) mass is 266 g/mol. The smallest absolute Gasteiger partial charge is 0.339 e. The summed E-state index contributed by atoms with van der Waals surface area (Å²) in [4.78, 5) is 22.6. The van der Waals surface area contributed by atoms with Crippen molar-refractivity contribution in [3.05, 3.63) is 23.8 Å². The predicted octanol–water partition coefficient (Wildman–Crippen LogP) is 1.40. The maximum Gasteiger partial charge on any atom is 0.339 e. The molecule has 0 fully saturated rings. The number of anilines is 1. The Morgan fingerprint density at radius 1 is 1.32 bits per heavy atom.